The average Bonchev–Trinajstić information content (AvgIpc) is 3.51. The number of hydrogen-bond donors (Lipinski definition) is 0. The number of carbonyl (C=O) groups excluding carboxylic acids is 1. The summed E-state index contributed by atoms with van der Waals surface area (Å²) < 4.78 is 16.4. The van der Waals surface area contributed by atoms with Crippen molar-refractivity contribution in [3.05, 3.63) is 52.7 Å². The summed E-state index contributed by atoms with van der Waals surface area (Å²) in [6, 6.07) is 4.50. The second kappa shape index (κ2) is 13.5. The molecule has 234 valence electrons. The Morgan fingerprint density at radius 3 is 2.41 bits per heavy atom. The Balaban J connectivity index is 1.30. The molecule has 5 rings (SSSR count). The van der Waals surface area contributed by atoms with Gasteiger partial charge in [0.1, 0.15) is 13.7 Å². The highest BCUT2D eigenvalue weighted by Gasteiger charge is 2.35. The topological polar surface area (TPSA) is 82.8 Å². The Kier molecular flexibility index (Phi) is 9.70. The molecule has 1 saturated heterocycles. The summed E-state index contributed by atoms with van der Waals surface area (Å²) in [6.45, 7) is 15.7. The van der Waals surface area contributed by atoms with E-state index >= 15 is 0 Å². The number of piperazine rings is 1. The van der Waals surface area contributed by atoms with E-state index in [0.717, 1.165) is 51.5 Å². The van der Waals surface area contributed by atoms with E-state index in [0.29, 0.717) is 44.5 Å². The summed E-state index contributed by atoms with van der Waals surface area (Å²) in [4.78, 5) is 27.4. The van der Waals surface area contributed by atoms with Crippen LogP contribution in [-0.4, -0.2) is 75.4 Å². The molecule has 1 atom stereocenters. The minimum Gasteiger partial charge on any atom is -0.337 e. The van der Waals surface area contributed by atoms with Crippen molar-refractivity contribution in [1.29, 1.82) is 0 Å². The molecule has 2 aromatic heterocycles. The first-order valence-electron chi connectivity index (χ1n) is 16.1. The van der Waals surface area contributed by atoms with Gasteiger partial charge in [-0.1, -0.05) is 32.8 Å². The van der Waals surface area contributed by atoms with Crippen LogP contribution in [0.25, 0.3) is 11.3 Å². The van der Waals surface area contributed by atoms with Crippen LogP contribution < -0.4 is 10.4 Å². The van der Waals surface area contributed by atoms with Gasteiger partial charge in [-0.05, 0) is 75.2 Å². The highest BCUT2D eigenvalue weighted by atomic mass is 19.1. The number of aromatic nitrogens is 4. The van der Waals surface area contributed by atoms with E-state index in [9.17, 15) is 9.18 Å². The predicted octanol–water partition coefficient (Wildman–Crippen LogP) is 4.94. The molecule has 2 aliphatic heterocycles. The van der Waals surface area contributed by atoms with E-state index in [1.165, 1.54) is 42.8 Å². The van der Waals surface area contributed by atoms with Gasteiger partial charge in [0.15, 0.2) is 0 Å². The summed E-state index contributed by atoms with van der Waals surface area (Å²) in [5.41, 5.74) is 7.64. The van der Waals surface area contributed by atoms with Crippen LogP contribution in [-0.2, 0) is 6.54 Å². The lowest BCUT2D eigenvalue weighted by molar-refractivity contribution is 0.139. The number of nitrogens with zero attached hydrogens (tertiary/aromatic N) is 8. The molecule has 1 unspecified atom stereocenters. The van der Waals surface area contributed by atoms with Crippen molar-refractivity contribution in [2.45, 2.75) is 86.2 Å². The molecule has 0 radical (unpaired) electrons. The summed E-state index contributed by atoms with van der Waals surface area (Å²) in [5.74, 6) is 1.00. The smallest absolute Gasteiger partial charge is 0.337 e. The molecule has 2 aliphatic rings. The third-order valence-corrected chi connectivity index (χ3v) is 8.94. The Hall–Kier alpha value is -3.76. The summed E-state index contributed by atoms with van der Waals surface area (Å²) in [6.07, 6.45) is 7.28. The van der Waals surface area contributed by atoms with E-state index in [1.54, 1.807) is 0 Å². The van der Waals surface area contributed by atoms with Crippen LogP contribution in [0.4, 0.5) is 15.1 Å². The number of hydrazone groups is 1. The quantitative estimate of drug-likeness (QED) is 0.325. The molecule has 1 aromatic carbocycles. The van der Waals surface area contributed by atoms with Crippen LogP contribution in [0.5, 0.6) is 0 Å². The van der Waals surface area contributed by atoms with Gasteiger partial charge in [-0.15, -0.1) is 0 Å². The monoisotopic (exact) mass is 600 g/mol. The maximum atomic E-state index is 14.2. The second-order valence-corrected chi connectivity index (χ2v) is 12.6. The van der Waals surface area contributed by atoms with E-state index < -0.39 is 0 Å². The van der Waals surface area contributed by atoms with Crippen molar-refractivity contribution in [2.24, 2.45) is 11.0 Å². The Morgan fingerprint density at radius 1 is 1.05 bits per heavy atom. The van der Waals surface area contributed by atoms with Crippen molar-refractivity contribution < 1.29 is 9.18 Å². The van der Waals surface area contributed by atoms with Crippen molar-refractivity contribution in [1.82, 2.24) is 29.7 Å². The van der Waals surface area contributed by atoms with Gasteiger partial charge in [0.2, 0.25) is 5.95 Å². The number of halogens is 1. The van der Waals surface area contributed by atoms with Gasteiger partial charge in [-0.3, -0.25) is 4.68 Å². The number of aryl methyl sites for hydroxylation is 2. The molecule has 11 heteroatoms. The maximum Gasteiger partial charge on any atom is 0.341 e. The first-order chi connectivity index (χ1) is 21.1. The van der Waals surface area contributed by atoms with Crippen LogP contribution >= 0.6 is 0 Å². The zero-order chi connectivity index (χ0) is 31.5. The fourth-order valence-electron chi connectivity index (χ4n) is 6.74. The Labute approximate surface area is 262 Å². The largest absolute Gasteiger partial charge is 0.341 e. The van der Waals surface area contributed by atoms with Gasteiger partial charge in [0.25, 0.3) is 0 Å². The predicted molar refractivity (Wildman–Crippen MR) is 177 cm³/mol. The van der Waals surface area contributed by atoms with Gasteiger partial charge in [-0.25, -0.2) is 24.2 Å². The number of hydrogen-bond acceptors (Lipinski definition) is 6. The highest BCUT2D eigenvalue weighted by Crippen LogP contribution is 2.33. The zero-order valence-corrected chi connectivity index (χ0v) is 27.4. The summed E-state index contributed by atoms with van der Waals surface area (Å²) in [5, 5.41) is 11.0. The van der Waals surface area contributed by atoms with Gasteiger partial charge < -0.3 is 9.80 Å². The van der Waals surface area contributed by atoms with Crippen LogP contribution in [0.15, 0.2) is 29.5 Å². The number of benzene rings is 1. The molecule has 0 aliphatic carbocycles. The minimum atomic E-state index is -0.301. The van der Waals surface area contributed by atoms with Crippen LogP contribution in [0.1, 0.15) is 81.4 Å². The number of urea groups is 1. The van der Waals surface area contributed by atoms with E-state index in [2.05, 4.69) is 50.2 Å². The maximum absolute atomic E-state index is 14.2. The Bertz CT molecular complexity index is 1500. The van der Waals surface area contributed by atoms with Crippen LogP contribution in [0.2, 0.25) is 0 Å². The molecule has 0 bridgehead atoms. The van der Waals surface area contributed by atoms with Crippen molar-refractivity contribution in [3.63, 3.8) is 0 Å². The van der Waals surface area contributed by atoms with Crippen LogP contribution in [0.3, 0.4) is 0 Å². The highest BCUT2D eigenvalue weighted by molar-refractivity contribution is 6.35. The molecule has 0 saturated carbocycles. The zero-order valence-electron chi connectivity index (χ0n) is 27.4. The van der Waals surface area contributed by atoms with Gasteiger partial charge >= 0.3 is 6.03 Å². The second-order valence-electron chi connectivity index (χ2n) is 12.6. The molecule has 2 amide bonds. The van der Waals surface area contributed by atoms with Gasteiger partial charge in [0, 0.05) is 62.3 Å². The van der Waals surface area contributed by atoms with Crippen molar-refractivity contribution >= 4 is 31.0 Å². The molecule has 3 aromatic rings. The summed E-state index contributed by atoms with van der Waals surface area (Å²) >= 11 is 0. The minimum absolute atomic E-state index is 0.151. The lowest BCUT2D eigenvalue weighted by atomic mass is 9.91. The third kappa shape index (κ3) is 6.66. The molecule has 4 heterocycles. The number of rotatable bonds is 9. The van der Waals surface area contributed by atoms with Gasteiger partial charge in [0.05, 0.1) is 17.4 Å². The van der Waals surface area contributed by atoms with E-state index in [1.807, 2.05) is 31.0 Å². The summed E-state index contributed by atoms with van der Waals surface area (Å²) in [7, 11) is 2.05. The number of carbonyl (C=O) groups is 1. The standard InChI is InChI=1S/C33H46BFN8O/c1-7-9-25(10-8-2)20-42-24(6)30(23(5)39-42)31-28(34)19-36-32(37-31)40-11-13-41(14-12-40)33(44)43-29(17-22(4)38-43)26-15-21(3)16-27(35)18-26/h15-16,18-19,25,29H,7-14,17,20,34H2,1-6H3. The molecule has 9 nitrogen and oxygen atoms in total. The van der Waals surface area contributed by atoms with Gasteiger partial charge in [-0.2, -0.15) is 10.2 Å². The normalized spacial score (nSPS) is 17.1. The first-order valence-corrected chi connectivity index (χ1v) is 16.1. The SMILES string of the molecule is Bc1cnc(N2CCN(C(=O)N3N=C(C)CC3c3cc(C)cc(F)c3)CC2)nc1-c1c(C)nn(CC(CCC)CCC)c1C. The van der Waals surface area contributed by atoms with Crippen molar-refractivity contribution in [2.75, 3.05) is 31.1 Å². The fraction of sp³-hybridized carbons (Fsp3) is 0.545. The third-order valence-electron chi connectivity index (χ3n) is 8.94. The Morgan fingerprint density at radius 2 is 1.75 bits per heavy atom. The number of anilines is 1. The lowest BCUT2D eigenvalue weighted by Crippen LogP contribution is -2.52. The van der Waals surface area contributed by atoms with Crippen molar-refractivity contribution in [3.8, 4) is 11.3 Å². The molecule has 0 N–H and O–H groups in total. The molecular weight excluding hydrogens is 554 g/mol. The fourth-order valence-corrected chi connectivity index (χ4v) is 6.74. The lowest BCUT2D eigenvalue weighted by Gasteiger charge is -2.37. The van der Waals surface area contributed by atoms with Crippen LogP contribution in [0, 0.1) is 32.5 Å². The molecule has 44 heavy (non-hydrogen) atoms. The first kappa shape index (κ1) is 31.7. The number of amides is 2. The molecule has 0 spiro atoms. The molecular formula is C33H46BFN8O. The van der Waals surface area contributed by atoms with E-state index in [-0.39, 0.29) is 17.9 Å². The molecule has 1 fully saturated rings. The van der Waals surface area contributed by atoms with E-state index in [4.69, 9.17) is 15.1 Å². The average molecular weight is 601 g/mol.